The largest absolute Gasteiger partial charge is 0.483 e. The third kappa shape index (κ3) is 10.5. The number of rotatable bonds is 12. The van der Waals surface area contributed by atoms with Gasteiger partial charge in [-0.1, -0.05) is 6.92 Å². The number of amides is 4. The van der Waals surface area contributed by atoms with Crippen molar-refractivity contribution >= 4 is 68.7 Å². The zero-order valence-electron chi connectivity index (χ0n) is 36.0. The molecule has 3 aliphatic heterocycles. The Morgan fingerprint density at radius 3 is 2.29 bits per heavy atom. The molecule has 3 fully saturated rings. The predicted molar refractivity (Wildman–Crippen MR) is 238 cm³/mol. The van der Waals surface area contributed by atoms with E-state index in [1.165, 1.54) is 13.2 Å². The molecule has 6 N–H and O–H groups in total. The summed E-state index contributed by atoms with van der Waals surface area (Å²) in [6, 6.07) is 6.65. The van der Waals surface area contributed by atoms with Crippen LogP contribution >= 0.6 is 0 Å². The molecule has 23 heteroatoms. The Hall–Kier alpha value is -7.14. The van der Waals surface area contributed by atoms with Gasteiger partial charge in [-0.2, -0.15) is 12.7 Å². The van der Waals surface area contributed by atoms with E-state index in [9.17, 15) is 27.6 Å². The van der Waals surface area contributed by atoms with Crippen LogP contribution in [0.4, 0.5) is 30.9 Å². The molecule has 3 aliphatic rings. The predicted octanol–water partition coefficient (Wildman–Crippen LogP) is 4.01. The van der Waals surface area contributed by atoms with Crippen LogP contribution in [-0.4, -0.2) is 130 Å². The number of likely N-dealkylation sites (tertiary alicyclic amines) is 1. The number of urea groups is 1. The normalized spacial score (nSPS) is 17.2. The molecule has 1 unspecified atom stereocenters. The second-order valence-corrected chi connectivity index (χ2v) is 17.7. The van der Waals surface area contributed by atoms with Crippen molar-refractivity contribution in [3.63, 3.8) is 0 Å². The molecular formula is C43H48F2N12O8S. The van der Waals surface area contributed by atoms with Crippen LogP contribution in [-0.2, 0) is 24.6 Å². The molecule has 348 valence electrons. The van der Waals surface area contributed by atoms with Crippen molar-refractivity contribution in [3.05, 3.63) is 89.8 Å². The van der Waals surface area contributed by atoms with E-state index >= 15 is 8.78 Å². The van der Waals surface area contributed by atoms with E-state index in [1.54, 1.807) is 37.8 Å². The quantitative estimate of drug-likeness (QED) is 0.0587. The van der Waals surface area contributed by atoms with Gasteiger partial charge in [0.05, 0.1) is 23.1 Å². The zero-order valence-corrected chi connectivity index (χ0v) is 36.8. The highest BCUT2D eigenvalue weighted by molar-refractivity contribution is 7.90. The Bertz CT molecular complexity index is 2710. The fraction of sp³-hybridized carbons (Fsp3) is 0.372. The summed E-state index contributed by atoms with van der Waals surface area (Å²) in [4.78, 5) is 83.7. The van der Waals surface area contributed by atoms with Crippen molar-refractivity contribution < 1.29 is 46.3 Å². The molecule has 20 nitrogen and oxygen atoms in total. The Balaban J connectivity index is 0.00000210. The number of hydrogen-bond donors (Lipinski definition) is 6. The summed E-state index contributed by atoms with van der Waals surface area (Å²) in [7, 11) is -2.86. The summed E-state index contributed by atoms with van der Waals surface area (Å²) in [5, 5.41) is 15.9. The Morgan fingerprint density at radius 2 is 1.64 bits per heavy atom. The van der Waals surface area contributed by atoms with Crippen molar-refractivity contribution in [3.8, 4) is 11.1 Å². The molecule has 0 bridgehead atoms. The molecule has 4 aromatic heterocycles. The molecule has 4 amide bonds. The first-order valence-electron chi connectivity index (χ1n) is 21.2. The lowest BCUT2D eigenvalue weighted by atomic mass is 9.93. The van der Waals surface area contributed by atoms with Crippen LogP contribution in [0.5, 0.6) is 0 Å². The number of fused-ring (bicyclic) bond motifs is 1. The number of carboxylic acid groups (broad SMARTS) is 1. The van der Waals surface area contributed by atoms with Gasteiger partial charge >= 0.3 is 16.2 Å². The second kappa shape index (κ2) is 20.4. The maximum Gasteiger partial charge on any atom is 0.317 e. The summed E-state index contributed by atoms with van der Waals surface area (Å²) in [5.74, 6) is -3.38. The van der Waals surface area contributed by atoms with Gasteiger partial charge in [0.1, 0.15) is 17.5 Å². The van der Waals surface area contributed by atoms with Crippen LogP contribution in [0.15, 0.2) is 61.3 Å². The SMILES string of the molecule is CCN(C)S(=O)(=O)Nc1ccc(F)c(C(=O)c2c[nH]c3ncc(-c4cnc(N5CCC(NC(=O)N6CCC(c7ccc(NC8CCC(=O)NC8=O)cn7)CC6)CC5)nc4)cc23)c1F.O=CO. The highest BCUT2D eigenvalue weighted by Gasteiger charge is 2.30. The first kappa shape index (κ1) is 46.8. The van der Waals surface area contributed by atoms with Gasteiger partial charge in [0.2, 0.25) is 23.5 Å². The van der Waals surface area contributed by atoms with Gasteiger partial charge in [-0.3, -0.25) is 34.2 Å². The van der Waals surface area contributed by atoms with Gasteiger partial charge in [0.25, 0.3) is 6.47 Å². The van der Waals surface area contributed by atoms with Crippen LogP contribution in [0.25, 0.3) is 22.2 Å². The van der Waals surface area contributed by atoms with E-state index in [4.69, 9.17) is 9.90 Å². The average Bonchev–Trinajstić information content (AvgIpc) is 3.75. The van der Waals surface area contributed by atoms with Crippen LogP contribution in [0.3, 0.4) is 0 Å². The van der Waals surface area contributed by atoms with Crippen molar-refractivity contribution in [1.82, 2.24) is 44.8 Å². The molecule has 5 aromatic rings. The Kier molecular flexibility index (Phi) is 14.4. The van der Waals surface area contributed by atoms with Crippen LogP contribution < -0.4 is 25.6 Å². The standard InChI is InChI=1S/C42H46F2N12O6S.CH2O2/c1-3-54(2)63(61,62)53-33-7-5-31(43)36(37(33)44)38(58)30-23-47-39-29(30)18-25(19-46-39)26-20-48-41(49-21-26)55-16-12-27(13-17-55)51-42(60)56-14-10-24(11-15-56)32-6-4-28(22-45-32)50-34-8-9-35(57)52-40(34)59;2-1-3/h4-7,18-24,27,34,50,53H,3,8-17H2,1-2H3,(H,46,47)(H,51,60)(H,52,57,59);1H,(H,2,3). The topological polar surface area (TPSA) is 265 Å². The van der Waals surface area contributed by atoms with E-state index in [2.05, 4.69) is 45.6 Å². The highest BCUT2D eigenvalue weighted by Crippen LogP contribution is 2.31. The smallest absolute Gasteiger partial charge is 0.317 e. The number of carbonyl (C=O) groups excluding carboxylic acids is 4. The molecular weight excluding hydrogens is 883 g/mol. The van der Waals surface area contributed by atoms with Crippen molar-refractivity contribution in [2.75, 3.05) is 54.7 Å². The number of nitrogens with zero attached hydrogens (tertiary/aromatic N) is 7. The molecule has 0 aliphatic carbocycles. The minimum atomic E-state index is -4.15. The molecule has 1 atom stereocenters. The number of benzene rings is 1. The minimum absolute atomic E-state index is 0.00984. The number of hydrogen-bond acceptors (Lipinski definition) is 13. The number of H-pyrrole nitrogens is 1. The molecule has 0 spiro atoms. The first-order valence-corrected chi connectivity index (χ1v) is 22.6. The van der Waals surface area contributed by atoms with E-state index in [-0.39, 0.29) is 53.8 Å². The van der Waals surface area contributed by atoms with Crippen molar-refractivity contribution in [2.45, 2.75) is 63.5 Å². The summed E-state index contributed by atoms with van der Waals surface area (Å²) in [6.45, 7) is 3.89. The number of pyridine rings is 2. The first-order chi connectivity index (χ1) is 31.7. The van der Waals surface area contributed by atoms with Gasteiger partial charge in [0.15, 0.2) is 5.82 Å². The number of aromatic amines is 1. The summed E-state index contributed by atoms with van der Waals surface area (Å²) < 4.78 is 58.7. The van der Waals surface area contributed by atoms with E-state index in [0.29, 0.717) is 80.3 Å². The molecule has 8 rings (SSSR count). The van der Waals surface area contributed by atoms with Gasteiger partial charge in [-0.25, -0.2) is 28.5 Å². The van der Waals surface area contributed by atoms with Gasteiger partial charge in [-0.05, 0) is 62.4 Å². The number of piperidine rings is 3. The molecule has 66 heavy (non-hydrogen) atoms. The van der Waals surface area contributed by atoms with E-state index in [0.717, 1.165) is 35.0 Å². The van der Waals surface area contributed by atoms with Crippen LogP contribution in [0, 0.1) is 11.6 Å². The van der Waals surface area contributed by atoms with Crippen LogP contribution in [0.1, 0.15) is 73.0 Å². The number of aromatic nitrogens is 5. The lowest BCUT2D eigenvalue weighted by molar-refractivity contribution is -0.133. The molecule has 1 aromatic carbocycles. The van der Waals surface area contributed by atoms with E-state index in [1.807, 2.05) is 21.9 Å². The van der Waals surface area contributed by atoms with Crippen molar-refractivity contribution in [1.29, 1.82) is 0 Å². The molecule has 3 saturated heterocycles. The minimum Gasteiger partial charge on any atom is -0.483 e. The lowest BCUT2D eigenvalue weighted by Gasteiger charge is -2.36. The Morgan fingerprint density at radius 1 is 0.939 bits per heavy atom. The third-order valence-electron chi connectivity index (χ3n) is 11.8. The van der Waals surface area contributed by atoms with Crippen molar-refractivity contribution in [2.24, 2.45) is 0 Å². The third-order valence-corrected chi connectivity index (χ3v) is 13.4. The monoisotopic (exact) mass is 930 g/mol. The summed E-state index contributed by atoms with van der Waals surface area (Å²) in [6.07, 6.45) is 11.5. The second-order valence-electron chi connectivity index (χ2n) is 15.9. The fourth-order valence-electron chi connectivity index (χ4n) is 7.98. The summed E-state index contributed by atoms with van der Waals surface area (Å²) >= 11 is 0. The van der Waals surface area contributed by atoms with E-state index < -0.39 is 44.9 Å². The maximum atomic E-state index is 15.6. The number of imide groups is 1. The lowest BCUT2D eigenvalue weighted by Crippen LogP contribution is -2.51. The number of anilines is 3. The molecule has 0 radical (unpaired) electrons. The van der Waals surface area contributed by atoms with Gasteiger partial charge in [-0.15, -0.1) is 0 Å². The van der Waals surface area contributed by atoms with Gasteiger partial charge < -0.3 is 30.5 Å². The number of carbonyl (C=O) groups is 5. The molecule has 0 saturated carbocycles. The number of ketones is 1. The highest BCUT2D eigenvalue weighted by atomic mass is 32.2. The van der Waals surface area contributed by atoms with Crippen LogP contribution in [0.2, 0.25) is 0 Å². The fourth-order valence-corrected chi connectivity index (χ4v) is 8.91. The summed E-state index contributed by atoms with van der Waals surface area (Å²) in [5.41, 5.74) is 1.52. The maximum absolute atomic E-state index is 15.6. The number of nitrogens with one attached hydrogen (secondary N) is 5. The van der Waals surface area contributed by atoms with Gasteiger partial charge in [0, 0.05) is 111 Å². The Labute approximate surface area is 377 Å². The average molecular weight is 931 g/mol. The molecule has 7 heterocycles. The number of halogens is 2. The zero-order chi connectivity index (χ0) is 47.1.